The molecule has 0 spiro atoms. The van der Waals surface area contributed by atoms with Crippen LogP contribution in [-0.2, 0) is 6.54 Å². The van der Waals surface area contributed by atoms with E-state index in [0.717, 1.165) is 43.8 Å². The minimum absolute atomic E-state index is 0.718. The van der Waals surface area contributed by atoms with Crippen molar-refractivity contribution in [3.8, 4) is 0 Å². The molecule has 3 rings (SSSR count). The molecule has 2 aliphatic rings. The van der Waals surface area contributed by atoms with Gasteiger partial charge in [0.1, 0.15) is 6.26 Å². The van der Waals surface area contributed by atoms with Gasteiger partial charge < -0.3 is 14.6 Å². The summed E-state index contributed by atoms with van der Waals surface area (Å²) in [5.41, 5.74) is 2.41. The van der Waals surface area contributed by atoms with Crippen LogP contribution in [0.4, 0.5) is 6.01 Å². The topological polar surface area (TPSA) is 41.3 Å². The van der Waals surface area contributed by atoms with Crippen molar-refractivity contribution in [2.45, 2.75) is 38.8 Å². The first-order chi connectivity index (χ1) is 8.31. The molecule has 0 radical (unpaired) electrons. The highest BCUT2D eigenvalue weighted by Gasteiger charge is 2.21. The maximum atomic E-state index is 5.55. The Morgan fingerprint density at radius 3 is 3.18 bits per heavy atom. The van der Waals surface area contributed by atoms with E-state index < -0.39 is 0 Å². The van der Waals surface area contributed by atoms with Crippen molar-refractivity contribution in [2.24, 2.45) is 0 Å². The molecule has 1 fully saturated rings. The van der Waals surface area contributed by atoms with Crippen molar-refractivity contribution < 1.29 is 4.42 Å². The van der Waals surface area contributed by atoms with E-state index >= 15 is 0 Å². The third kappa shape index (κ3) is 2.69. The second-order valence-electron chi connectivity index (χ2n) is 5.04. The van der Waals surface area contributed by atoms with Crippen LogP contribution in [0.3, 0.4) is 0 Å². The summed E-state index contributed by atoms with van der Waals surface area (Å²) >= 11 is 0. The Bertz CT molecular complexity index is 420. The Balaban J connectivity index is 1.60. The number of oxazole rings is 1. The average molecular weight is 233 g/mol. The largest absolute Gasteiger partial charge is 0.432 e. The fraction of sp³-hybridized carbons (Fsp3) is 0.615. The van der Waals surface area contributed by atoms with E-state index in [1.807, 2.05) is 0 Å². The van der Waals surface area contributed by atoms with Crippen LogP contribution in [0.25, 0.3) is 0 Å². The molecule has 4 nitrogen and oxygen atoms in total. The van der Waals surface area contributed by atoms with Crippen LogP contribution in [0.15, 0.2) is 22.3 Å². The SMILES string of the molecule is CC1=CCCN(c2nc(CNC3CC3)co2)C1. The molecule has 0 amide bonds. The van der Waals surface area contributed by atoms with Gasteiger partial charge in [-0.05, 0) is 26.2 Å². The van der Waals surface area contributed by atoms with E-state index in [1.165, 1.54) is 18.4 Å². The number of nitrogens with zero attached hydrogens (tertiary/aromatic N) is 2. The van der Waals surface area contributed by atoms with Gasteiger partial charge in [-0.3, -0.25) is 0 Å². The number of aromatic nitrogens is 1. The van der Waals surface area contributed by atoms with Crippen LogP contribution in [0.5, 0.6) is 0 Å². The van der Waals surface area contributed by atoms with Crippen molar-refractivity contribution >= 4 is 6.01 Å². The summed E-state index contributed by atoms with van der Waals surface area (Å²) in [6.45, 7) is 4.94. The molecule has 0 saturated heterocycles. The Morgan fingerprint density at radius 2 is 2.41 bits per heavy atom. The van der Waals surface area contributed by atoms with Gasteiger partial charge in [0, 0.05) is 25.7 Å². The number of hydrogen-bond acceptors (Lipinski definition) is 4. The van der Waals surface area contributed by atoms with Crippen molar-refractivity contribution in [1.82, 2.24) is 10.3 Å². The summed E-state index contributed by atoms with van der Waals surface area (Å²) in [5, 5.41) is 3.45. The molecule has 0 bridgehead atoms. The quantitative estimate of drug-likeness (QED) is 0.808. The Morgan fingerprint density at radius 1 is 1.53 bits per heavy atom. The van der Waals surface area contributed by atoms with E-state index in [2.05, 4.69) is 28.2 Å². The van der Waals surface area contributed by atoms with Gasteiger partial charge in [-0.1, -0.05) is 11.6 Å². The molecule has 92 valence electrons. The first-order valence-corrected chi connectivity index (χ1v) is 6.39. The van der Waals surface area contributed by atoms with E-state index in [1.54, 1.807) is 6.26 Å². The Kier molecular flexibility index (Phi) is 2.89. The smallest absolute Gasteiger partial charge is 0.297 e. The third-order valence-corrected chi connectivity index (χ3v) is 3.29. The molecule has 1 aromatic rings. The van der Waals surface area contributed by atoms with Crippen LogP contribution >= 0.6 is 0 Å². The fourth-order valence-electron chi connectivity index (χ4n) is 2.13. The van der Waals surface area contributed by atoms with Crippen LogP contribution in [0.1, 0.15) is 31.9 Å². The molecule has 0 unspecified atom stereocenters. The predicted octanol–water partition coefficient (Wildman–Crippen LogP) is 2.08. The van der Waals surface area contributed by atoms with E-state index in [4.69, 9.17) is 4.42 Å². The maximum absolute atomic E-state index is 5.55. The standard InChI is InChI=1S/C13H19N3O/c1-10-3-2-6-16(8-10)13-15-12(9-17-13)7-14-11-4-5-11/h3,9,11,14H,2,4-8H2,1H3. The molecule has 1 saturated carbocycles. The van der Waals surface area contributed by atoms with Crippen LogP contribution in [-0.4, -0.2) is 24.1 Å². The molecule has 2 heterocycles. The Hall–Kier alpha value is -1.29. The second-order valence-corrected chi connectivity index (χ2v) is 5.04. The van der Waals surface area contributed by atoms with Crippen LogP contribution in [0.2, 0.25) is 0 Å². The molecule has 1 aromatic heterocycles. The van der Waals surface area contributed by atoms with Crippen molar-refractivity contribution in [3.63, 3.8) is 0 Å². The van der Waals surface area contributed by atoms with Gasteiger partial charge in [0.05, 0.1) is 5.69 Å². The molecule has 1 N–H and O–H groups in total. The average Bonchev–Trinajstić information content (AvgIpc) is 3.04. The minimum Gasteiger partial charge on any atom is -0.432 e. The zero-order chi connectivity index (χ0) is 11.7. The summed E-state index contributed by atoms with van der Waals surface area (Å²) in [6.07, 6.45) is 7.76. The van der Waals surface area contributed by atoms with E-state index in [0.29, 0.717) is 0 Å². The van der Waals surface area contributed by atoms with Gasteiger partial charge in [-0.2, -0.15) is 4.98 Å². The molecule has 1 aliphatic carbocycles. The molecule has 0 atom stereocenters. The van der Waals surface area contributed by atoms with Gasteiger partial charge in [0.15, 0.2) is 0 Å². The normalized spacial score (nSPS) is 20.5. The highest BCUT2D eigenvalue weighted by Crippen LogP contribution is 2.21. The molecule has 4 heteroatoms. The zero-order valence-electron chi connectivity index (χ0n) is 10.3. The number of hydrogen-bond donors (Lipinski definition) is 1. The van der Waals surface area contributed by atoms with Crippen molar-refractivity contribution in [1.29, 1.82) is 0 Å². The lowest BCUT2D eigenvalue weighted by atomic mass is 10.1. The van der Waals surface area contributed by atoms with Crippen LogP contribution in [0, 0.1) is 0 Å². The summed E-state index contributed by atoms with van der Waals surface area (Å²) in [7, 11) is 0. The predicted molar refractivity (Wildman–Crippen MR) is 67.0 cm³/mol. The van der Waals surface area contributed by atoms with Crippen LogP contribution < -0.4 is 10.2 Å². The number of anilines is 1. The lowest BCUT2D eigenvalue weighted by Gasteiger charge is -2.24. The van der Waals surface area contributed by atoms with Gasteiger partial charge in [-0.15, -0.1) is 0 Å². The third-order valence-electron chi connectivity index (χ3n) is 3.29. The van der Waals surface area contributed by atoms with Crippen molar-refractivity contribution in [2.75, 3.05) is 18.0 Å². The lowest BCUT2D eigenvalue weighted by Crippen LogP contribution is -2.29. The fourth-order valence-corrected chi connectivity index (χ4v) is 2.13. The highest BCUT2D eigenvalue weighted by atomic mass is 16.4. The highest BCUT2D eigenvalue weighted by molar-refractivity contribution is 5.32. The number of rotatable bonds is 4. The molecule has 17 heavy (non-hydrogen) atoms. The van der Waals surface area contributed by atoms with Crippen molar-refractivity contribution in [3.05, 3.63) is 23.6 Å². The molecule has 0 aromatic carbocycles. The molecule has 1 aliphatic heterocycles. The minimum atomic E-state index is 0.718. The monoisotopic (exact) mass is 233 g/mol. The maximum Gasteiger partial charge on any atom is 0.297 e. The summed E-state index contributed by atoms with van der Waals surface area (Å²) in [5.74, 6) is 0. The summed E-state index contributed by atoms with van der Waals surface area (Å²) in [4.78, 5) is 6.74. The van der Waals surface area contributed by atoms with E-state index in [9.17, 15) is 0 Å². The summed E-state index contributed by atoms with van der Waals surface area (Å²) < 4.78 is 5.55. The number of nitrogens with one attached hydrogen (secondary N) is 1. The first-order valence-electron chi connectivity index (χ1n) is 6.39. The van der Waals surface area contributed by atoms with Gasteiger partial charge in [0.2, 0.25) is 0 Å². The molecular weight excluding hydrogens is 214 g/mol. The zero-order valence-corrected chi connectivity index (χ0v) is 10.3. The lowest BCUT2D eigenvalue weighted by molar-refractivity contribution is 0.533. The first kappa shape index (κ1) is 10.8. The molecular formula is C13H19N3O. The van der Waals surface area contributed by atoms with Gasteiger partial charge in [-0.25, -0.2) is 0 Å². The van der Waals surface area contributed by atoms with E-state index in [-0.39, 0.29) is 0 Å². The van der Waals surface area contributed by atoms with Gasteiger partial charge >= 0.3 is 0 Å². The van der Waals surface area contributed by atoms with Gasteiger partial charge in [0.25, 0.3) is 6.01 Å². The second kappa shape index (κ2) is 4.53. The summed E-state index contributed by atoms with van der Waals surface area (Å²) in [6, 6.07) is 1.49. The Labute approximate surface area is 102 Å².